The number of nitrogens with one attached hydrogen (secondary N) is 1. The van der Waals surface area contributed by atoms with Crippen molar-refractivity contribution >= 4 is 23.7 Å². The molecule has 0 aromatic heterocycles. The first kappa shape index (κ1) is 17.9. The van der Waals surface area contributed by atoms with Crippen LogP contribution in [-0.4, -0.2) is 11.9 Å². The molecule has 0 saturated carbocycles. The predicted molar refractivity (Wildman–Crippen MR) is 84.2 cm³/mol. The minimum Gasteiger partial charge on any atom is -0.351 e. The van der Waals surface area contributed by atoms with Crippen molar-refractivity contribution in [3.05, 3.63) is 65.7 Å². The molecule has 0 heterocycles. The van der Waals surface area contributed by atoms with E-state index >= 15 is 0 Å². The summed E-state index contributed by atoms with van der Waals surface area (Å²) in [5.74, 6) is -0.698. The number of benzene rings is 2. The summed E-state index contributed by atoms with van der Waals surface area (Å²) in [4.78, 5) is 23.3. The highest BCUT2D eigenvalue weighted by molar-refractivity contribution is 8.00. The van der Waals surface area contributed by atoms with Crippen LogP contribution in [0.15, 0.2) is 59.5 Å². The van der Waals surface area contributed by atoms with Gasteiger partial charge in [0.2, 0.25) is 5.91 Å². The number of primary amides is 1. The van der Waals surface area contributed by atoms with E-state index in [0.717, 1.165) is 23.9 Å². The van der Waals surface area contributed by atoms with Gasteiger partial charge in [-0.05, 0) is 23.8 Å². The summed E-state index contributed by atoms with van der Waals surface area (Å²) < 4.78 is 38.4. The lowest BCUT2D eigenvalue weighted by Crippen LogP contribution is -2.37. The van der Waals surface area contributed by atoms with E-state index in [2.05, 4.69) is 0 Å². The molecule has 0 aliphatic rings. The van der Waals surface area contributed by atoms with E-state index in [1.54, 1.807) is 30.3 Å². The molecule has 0 aliphatic heterocycles. The molecule has 0 radical (unpaired) electrons. The van der Waals surface area contributed by atoms with E-state index in [-0.39, 0.29) is 4.90 Å². The zero-order valence-electron chi connectivity index (χ0n) is 12.2. The minimum atomic E-state index is -4.48. The van der Waals surface area contributed by atoms with E-state index < -0.39 is 28.9 Å². The molecule has 2 rings (SSSR count). The van der Waals surface area contributed by atoms with E-state index in [1.165, 1.54) is 12.1 Å². The molecule has 126 valence electrons. The van der Waals surface area contributed by atoms with Crippen LogP contribution in [0, 0.1) is 0 Å². The number of carbonyl (C=O) groups is 2. The number of imide groups is 1. The fraction of sp³-hybridized carbons (Fsp3) is 0.125. The number of hydrogen-bond acceptors (Lipinski definition) is 3. The number of nitrogens with two attached hydrogens (primary N) is 1. The minimum absolute atomic E-state index is 0.248. The van der Waals surface area contributed by atoms with Gasteiger partial charge in [-0.15, -0.1) is 11.8 Å². The molecule has 3 amide bonds. The van der Waals surface area contributed by atoms with E-state index in [9.17, 15) is 22.8 Å². The summed E-state index contributed by atoms with van der Waals surface area (Å²) in [5, 5.41) is 1.05. The lowest BCUT2D eigenvalue weighted by molar-refractivity contribution is -0.137. The molecule has 0 saturated heterocycles. The van der Waals surface area contributed by atoms with Gasteiger partial charge < -0.3 is 5.73 Å². The number of carbonyl (C=O) groups excluding carboxylic acids is 2. The first-order valence-corrected chi connectivity index (χ1v) is 7.64. The number of alkyl halides is 3. The van der Waals surface area contributed by atoms with Crippen LogP contribution in [0.5, 0.6) is 0 Å². The fourth-order valence-electron chi connectivity index (χ4n) is 1.97. The van der Waals surface area contributed by atoms with Crippen LogP contribution in [-0.2, 0) is 11.0 Å². The number of rotatable bonds is 4. The maximum atomic E-state index is 12.8. The highest BCUT2D eigenvalue weighted by atomic mass is 32.2. The normalized spacial score (nSPS) is 12.5. The van der Waals surface area contributed by atoms with Crippen molar-refractivity contribution in [2.75, 3.05) is 0 Å². The SMILES string of the molecule is NC(=O)NC(=O)[C@H](Sc1cccc(C(F)(F)F)c1)c1ccccc1. The summed E-state index contributed by atoms with van der Waals surface area (Å²) in [5.41, 5.74) is 4.68. The Balaban J connectivity index is 2.32. The zero-order chi connectivity index (χ0) is 17.7. The van der Waals surface area contributed by atoms with Gasteiger partial charge in [-0.2, -0.15) is 13.2 Å². The third-order valence-corrected chi connectivity index (χ3v) is 4.25. The lowest BCUT2D eigenvalue weighted by atomic mass is 10.1. The van der Waals surface area contributed by atoms with Crippen LogP contribution in [0.25, 0.3) is 0 Å². The van der Waals surface area contributed by atoms with Crippen LogP contribution >= 0.6 is 11.8 Å². The van der Waals surface area contributed by atoms with Crippen molar-refractivity contribution in [2.24, 2.45) is 5.73 Å². The van der Waals surface area contributed by atoms with E-state index in [1.807, 2.05) is 5.32 Å². The standard InChI is InChI=1S/C16H13F3N2O2S/c17-16(18,19)11-7-4-8-12(9-11)24-13(14(22)21-15(20)23)10-5-2-1-3-6-10/h1-9,13H,(H3,20,21,22,23)/t13-/m1/s1. The van der Waals surface area contributed by atoms with Crippen molar-refractivity contribution in [2.45, 2.75) is 16.3 Å². The van der Waals surface area contributed by atoms with Crippen molar-refractivity contribution in [3.8, 4) is 0 Å². The van der Waals surface area contributed by atoms with Gasteiger partial charge >= 0.3 is 12.2 Å². The molecule has 24 heavy (non-hydrogen) atoms. The van der Waals surface area contributed by atoms with Gasteiger partial charge in [0, 0.05) is 4.90 Å². The van der Waals surface area contributed by atoms with Crippen LogP contribution in [0.3, 0.4) is 0 Å². The maximum Gasteiger partial charge on any atom is 0.416 e. The summed E-state index contributed by atoms with van der Waals surface area (Å²) in [6.45, 7) is 0. The summed E-state index contributed by atoms with van der Waals surface area (Å²) in [7, 11) is 0. The molecule has 0 aliphatic carbocycles. The Morgan fingerprint density at radius 3 is 2.29 bits per heavy atom. The average Bonchev–Trinajstić information content (AvgIpc) is 2.52. The number of halogens is 3. The monoisotopic (exact) mass is 354 g/mol. The van der Waals surface area contributed by atoms with Crippen molar-refractivity contribution in [3.63, 3.8) is 0 Å². The van der Waals surface area contributed by atoms with Crippen molar-refractivity contribution in [1.82, 2.24) is 5.32 Å². The fourth-order valence-corrected chi connectivity index (χ4v) is 3.05. The first-order valence-electron chi connectivity index (χ1n) is 6.76. The number of urea groups is 1. The third-order valence-electron chi connectivity index (χ3n) is 3.00. The second kappa shape index (κ2) is 7.39. The average molecular weight is 354 g/mol. The molecule has 0 spiro atoms. The third kappa shape index (κ3) is 4.76. The molecule has 8 heteroatoms. The van der Waals surface area contributed by atoms with Gasteiger partial charge in [0.15, 0.2) is 0 Å². The molecule has 4 nitrogen and oxygen atoms in total. The quantitative estimate of drug-likeness (QED) is 0.822. The molecule has 0 bridgehead atoms. The van der Waals surface area contributed by atoms with Gasteiger partial charge in [0.25, 0.3) is 0 Å². The van der Waals surface area contributed by atoms with Crippen molar-refractivity contribution in [1.29, 1.82) is 0 Å². The highest BCUT2D eigenvalue weighted by Crippen LogP contribution is 2.38. The van der Waals surface area contributed by atoms with Crippen LogP contribution < -0.4 is 11.1 Å². The Hall–Kier alpha value is -2.48. The first-order chi connectivity index (χ1) is 11.3. The van der Waals surface area contributed by atoms with Gasteiger partial charge in [-0.1, -0.05) is 36.4 Å². The molecule has 0 unspecified atom stereocenters. The number of hydrogen-bond donors (Lipinski definition) is 2. The summed E-state index contributed by atoms with van der Waals surface area (Å²) >= 11 is 0.902. The Morgan fingerprint density at radius 1 is 1.04 bits per heavy atom. The zero-order valence-corrected chi connectivity index (χ0v) is 13.0. The second-order valence-corrected chi connectivity index (χ2v) is 5.97. The highest BCUT2D eigenvalue weighted by Gasteiger charge is 2.31. The van der Waals surface area contributed by atoms with Gasteiger partial charge in [0.05, 0.1) is 5.56 Å². The lowest BCUT2D eigenvalue weighted by Gasteiger charge is -2.16. The Morgan fingerprint density at radius 2 is 1.71 bits per heavy atom. The Kier molecular flexibility index (Phi) is 5.50. The molecule has 0 fully saturated rings. The van der Waals surface area contributed by atoms with Crippen molar-refractivity contribution < 1.29 is 22.8 Å². The largest absolute Gasteiger partial charge is 0.416 e. The number of amides is 3. The molecule has 2 aromatic carbocycles. The van der Waals surface area contributed by atoms with Gasteiger partial charge in [0.1, 0.15) is 5.25 Å². The van der Waals surface area contributed by atoms with Crippen LogP contribution in [0.1, 0.15) is 16.4 Å². The van der Waals surface area contributed by atoms with Gasteiger partial charge in [-0.3, -0.25) is 10.1 Å². The maximum absolute atomic E-state index is 12.8. The second-order valence-electron chi connectivity index (χ2n) is 4.79. The van der Waals surface area contributed by atoms with Crippen LogP contribution in [0.4, 0.5) is 18.0 Å². The smallest absolute Gasteiger partial charge is 0.351 e. The molecule has 3 N–H and O–H groups in total. The Bertz CT molecular complexity index is 736. The van der Waals surface area contributed by atoms with E-state index in [4.69, 9.17) is 5.73 Å². The summed E-state index contributed by atoms with van der Waals surface area (Å²) in [6.07, 6.45) is -4.48. The Labute approximate surface area is 140 Å². The number of thioether (sulfide) groups is 1. The van der Waals surface area contributed by atoms with Gasteiger partial charge in [-0.25, -0.2) is 4.79 Å². The molecular formula is C16H13F3N2O2S. The van der Waals surface area contributed by atoms with E-state index in [0.29, 0.717) is 5.56 Å². The molecule has 2 aromatic rings. The topological polar surface area (TPSA) is 72.2 Å². The predicted octanol–water partition coefficient (Wildman–Crippen LogP) is 3.73. The summed E-state index contributed by atoms with van der Waals surface area (Å²) in [6, 6.07) is 12.0. The molecular weight excluding hydrogens is 341 g/mol. The molecule has 1 atom stereocenters. The van der Waals surface area contributed by atoms with Crippen LogP contribution in [0.2, 0.25) is 0 Å².